The van der Waals surface area contributed by atoms with Crippen LogP contribution in [-0.4, -0.2) is 19.6 Å². The maximum Gasteiger partial charge on any atom is 0.253 e. The second-order valence-electron chi connectivity index (χ2n) is 5.07. The molecule has 0 atom stereocenters. The lowest BCUT2D eigenvalue weighted by Gasteiger charge is -2.10. The van der Waals surface area contributed by atoms with Gasteiger partial charge in [0.2, 0.25) is 5.16 Å². The molecule has 2 heterocycles. The quantitative estimate of drug-likeness (QED) is 0.512. The minimum Gasteiger partial charge on any atom is -0.457 e. The van der Waals surface area contributed by atoms with Crippen LogP contribution in [0.2, 0.25) is 0 Å². The predicted octanol–water partition coefficient (Wildman–Crippen LogP) is 4.21. The van der Waals surface area contributed by atoms with Crippen LogP contribution in [0, 0.1) is 0 Å². The second kappa shape index (κ2) is 6.72. The van der Waals surface area contributed by atoms with Crippen LogP contribution in [0.3, 0.4) is 0 Å². The number of rotatable bonds is 5. The Morgan fingerprint density at radius 3 is 2.67 bits per heavy atom. The van der Waals surface area contributed by atoms with Crippen LogP contribution in [0.1, 0.15) is 5.56 Å². The molecule has 6 heteroatoms. The monoisotopic (exact) mass is 334 g/mol. The first kappa shape index (κ1) is 14.7. The van der Waals surface area contributed by atoms with Crippen molar-refractivity contribution < 1.29 is 4.74 Å². The molecule has 0 unspecified atom stereocenters. The van der Waals surface area contributed by atoms with Gasteiger partial charge in [0.15, 0.2) is 0 Å². The standard InChI is InChI=1S/C18H14N4OS/c1-2-8-15(9-3-1)23-16-10-5-4-7-14(16)13-24-18-20-17-19-11-6-12-22(17)21-18/h1-12H,13H2. The van der Waals surface area contributed by atoms with Gasteiger partial charge in [-0.15, -0.1) is 5.10 Å². The minimum absolute atomic E-state index is 0.605. The van der Waals surface area contributed by atoms with Gasteiger partial charge in [0.1, 0.15) is 11.5 Å². The molecule has 0 radical (unpaired) electrons. The number of aromatic nitrogens is 4. The van der Waals surface area contributed by atoms with E-state index >= 15 is 0 Å². The number of benzene rings is 2. The zero-order valence-corrected chi connectivity index (χ0v) is 13.6. The van der Waals surface area contributed by atoms with Crippen LogP contribution in [0.15, 0.2) is 78.2 Å². The molecular weight excluding hydrogens is 320 g/mol. The summed E-state index contributed by atoms with van der Waals surface area (Å²) in [6, 6.07) is 19.6. The van der Waals surface area contributed by atoms with E-state index in [4.69, 9.17) is 4.74 Å². The fourth-order valence-electron chi connectivity index (χ4n) is 2.26. The summed E-state index contributed by atoms with van der Waals surface area (Å²) < 4.78 is 7.66. The third-order valence-electron chi connectivity index (χ3n) is 3.40. The lowest BCUT2D eigenvalue weighted by atomic mass is 10.2. The maximum absolute atomic E-state index is 5.99. The number of fused-ring (bicyclic) bond motifs is 1. The van der Waals surface area contributed by atoms with Crippen LogP contribution in [0.25, 0.3) is 5.78 Å². The second-order valence-corrected chi connectivity index (χ2v) is 6.01. The molecule has 0 aliphatic heterocycles. The highest BCUT2D eigenvalue weighted by Gasteiger charge is 2.09. The van der Waals surface area contributed by atoms with Gasteiger partial charge in [-0.05, 0) is 24.3 Å². The first-order chi connectivity index (χ1) is 11.9. The van der Waals surface area contributed by atoms with Crippen molar-refractivity contribution in [2.24, 2.45) is 0 Å². The van der Waals surface area contributed by atoms with Crippen LogP contribution in [0.5, 0.6) is 11.5 Å². The summed E-state index contributed by atoms with van der Waals surface area (Å²) >= 11 is 1.56. The molecule has 5 nitrogen and oxygen atoms in total. The Hall–Kier alpha value is -2.86. The van der Waals surface area contributed by atoms with Gasteiger partial charge in [0.25, 0.3) is 5.78 Å². The van der Waals surface area contributed by atoms with Crippen molar-refractivity contribution in [3.63, 3.8) is 0 Å². The molecule has 4 aromatic rings. The fourth-order valence-corrected chi connectivity index (χ4v) is 3.07. The summed E-state index contributed by atoms with van der Waals surface area (Å²) in [5.41, 5.74) is 1.10. The zero-order chi connectivity index (χ0) is 16.2. The van der Waals surface area contributed by atoms with Crippen molar-refractivity contribution in [2.75, 3.05) is 0 Å². The Bertz CT molecular complexity index is 922. The van der Waals surface area contributed by atoms with Gasteiger partial charge in [0, 0.05) is 23.7 Å². The van der Waals surface area contributed by atoms with Crippen LogP contribution >= 0.6 is 11.8 Å². The molecule has 0 spiro atoms. The molecule has 2 aromatic carbocycles. The Morgan fingerprint density at radius 2 is 1.79 bits per heavy atom. The van der Waals surface area contributed by atoms with E-state index in [-0.39, 0.29) is 0 Å². The number of para-hydroxylation sites is 2. The van der Waals surface area contributed by atoms with Crippen LogP contribution < -0.4 is 4.74 Å². The van der Waals surface area contributed by atoms with E-state index in [2.05, 4.69) is 21.1 Å². The molecule has 0 saturated carbocycles. The summed E-state index contributed by atoms with van der Waals surface area (Å²) in [5, 5.41) is 5.10. The highest BCUT2D eigenvalue weighted by molar-refractivity contribution is 7.98. The van der Waals surface area contributed by atoms with E-state index in [0.29, 0.717) is 10.9 Å². The van der Waals surface area contributed by atoms with E-state index in [1.807, 2.05) is 60.8 Å². The molecule has 0 aliphatic rings. The average molecular weight is 334 g/mol. The van der Waals surface area contributed by atoms with Gasteiger partial charge in [-0.3, -0.25) is 0 Å². The Kier molecular flexibility index (Phi) is 4.12. The molecule has 0 N–H and O–H groups in total. The Morgan fingerprint density at radius 1 is 0.958 bits per heavy atom. The van der Waals surface area contributed by atoms with Gasteiger partial charge in [-0.2, -0.15) is 4.98 Å². The SMILES string of the molecule is c1ccc(Oc2ccccc2CSc2nc3ncccn3n2)cc1. The van der Waals surface area contributed by atoms with Crippen LogP contribution in [-0.2, 0) is 5.75 Å². The molecule has 24 heavy (non-hydrogen) atoms. The van der Waals surface area contributed by atoms with E-state index < -0.39 is 0 Å². The molecule has 2 aromatic heterocycles. The first-order valence-electron chi connectivity index (χ1n) is 7.49. The molecule has 0 fully saturated rings. The zero-order valence-electron chi connectivity index (χ0n) is 12.7. The van der Waals surface area contributed by atoms with E-state index in [0.717, 1.165) is 22.8 Å². The van der Waals surface area contributed by atoms with Crippen molar-refractivity contribution in [3.05, 3.63) is 78.6 Å². The Balaban J connectivity index is 1.52. The molecular formula is C18H14N4OS. The molecule has 0 amide bonds. The molecule has 118 valence electrons. The molecule has 4 rings (SSSR count). The molecule has 0 saturated heterocycles. The van der Waals surface area contributed by atoms with Crippen molar-refractivity contribution in [1.29, 1.82) is 0 Å². The van der Waals surface area contributed by atoms with E-state index in [1.54, 1.807) is 22.5 Å². The third-order valence-corrected chi connectivity index (χ3v) is 4.28. The number of ether oxygens (including phenoxy) is 1. The van der Waals surface area contributed by atoms with Crippen molar-refractivity contribution in [1.82, 2.24) is 19.6 Å². The Labute approximate surface area is 143 Å². The summed E-state index contributed by atoms with van der Waals surface area (Å²) in [6.07, 6.45) is 3.55. The normalized spacial score (nSPS) is 10.8. The molecule has 0 bridgehead atoms. The summed E-state index contributed by atoms with van der Waals surface area (Å²) in [4.78, 5) is 8.59. The van der Waals surface area contributed by atoms with E-state index in [1.165, 1.54) is 0 Å². The number of thioether (sulfide) groups is 1. The smallest absolute Gasteiger partial charge is 0.253 e. The predicted molar refractivity (Wildman–Crippen MR) is 93.3 cm³/mol. The molecule has 0 aliphatic carbocycles. The summed E-state index contributed by atoms with van der Waals surface area (Å²) in [6.45, 7) is 0. The van der Waals surface area contributed by atoms with Crippen molar-refractivity contribution >= 4 is 17.5 Å². The largest absolute Gasteiger partial charge is 0.457 e. The number of hydrogen-bond acceptors (Lipinski definition) is 5. The van der Waals surface area contributed by atoms with Gasteiger partial charge in [-0.1, -0.05) is 48.2 Å². The summed E-state index contributed by atoms with van der Waals surface area (Å²) in [5.74, 6) is 3.00. The van der Waals surface area contributed by atoms with Gasteiger partial charge < -0.3 is 4.74 Å². The lowest BCUT2D eigenvalue weighted by molar-refractivity contribution is 0.478. The summed E-state index contributed by atoms with van der Waals surface area (Å²) in [7, 11) is 0. The maximum atomic E-state index is 5.99. The highest BCUT2D eigenvalue weighted by Crippen LogP contribution is 2.29. The fraction of sp³-hybridized carbons (Fsp3) is 0.0556. The third kappa shape index (κ3) is 3.23. The van der Waals surface area contributed by atoms with Gasteiger partial charge >= 0.3 is 0 Å². The van der Waals surface area contributed by atoms with Crippen molar-refractivity contribution in [3.8, 4) is 11.5 Å². The number of hydrogen-bond donors (Lipinski definition) is 0. The topological polar surface area (TPSA) is 52.3 Å². The number of nitrogens with zero attached hydrogens (tertiary/aromatic N) is 4. The van der Waals surface area contributed by atoms with Crippen molar-refractivity contribution in [2.45, 2.75) is 10.9 Å². The van der Waals surface area contributed by atoms with E-state index in [9.17, 15) is 0 Å². The van der Waals surface area contributed by atoms with Crippen LogP contribution in [0.4, 0.5) is 0 Å². The van der Waals surface area contributed by atoms with Gasteiger partial charge in [0.05, 0.1) is 0 Å². The van der Waals surface area contributed by atoms with Gasteiger partial charge in [-0.25, -0.2) is 9.50 Å². The average Bonchev–Trinajstić information content (AvgIpc) is 3.05. The minimum atomic E-state index is 0.605. The first-order valence-corrected chi connectivity index (χ1v) is 8.48. The highest BCUT2D eigenvalue weighted by atomic mass is 32.2. The lowest BCUT2D eigenvalue weighted by Crippen LogP contribution is -1.90.